The molecule has 26 heavy (non-hydrogen) atoms. The molecule has 1 aliphatic heterocycles. The van der Waals surface area contributed by atoms with Crippen molar-refractivity contribution in [1.82, 2.24) is 20.8 Å². The Morgan fingerprint density at radius 3 is 2.81 bits per heavy atom. The Labute approximate surface area is 152 Å². The lowest BCUT2D eigenvalue weighted by molar-refractivity contribution is -0.124. The second-order valence-electron chi connectivity index (χ2n) is 6.46. The number of carbonyl (C=O) groups is 2. The average Bonchev–Trinajstić information content (AvgIpc) is 2.64. The summed E-state index contributed by atoms with van der Waals surface area (Å²) in [6.07, 6.45) is 1.54. The van der Waals surface area contributed by atoms with Crippen LogP contribution >= 0.6 is 0 Å². The first-order valence-electron chi connectivity index (χ1n) is 8.72. The molecular formula is C19H22N4O3. The zero-order chi connectivity index (χ0) is 18.5. The van der Waals surface area contributed by atoms with Crippen molar-refractivity contribution in [3.05, 3.63) is 42.0 Å². The normalized spacial score (nSPS) is 16.9. The van der Waals surface area contributed by atoms with Crippen LogP contribution in [-0.4, -0.2) is 40.7 Å². The van der Waals surface area contributed by atoms with Crippen molar-refractivity contribution in [2.24, 2.45) is 0 Å². The lowest BCUT2D eigenvalue weighted by atomic mass is 10.0. The Morgan fingerprint density at radius 2 is 2.12 bits per heavy atom. The second-order valence-corrected chi connectivity index (χ2v) is 6.46. The summed E-state index contributed by atoms with van der Waals surface area (Å²) in [5.41, 5.74) is 1.89. The van der Waals surface area contributed by atoms with Gasteiger partial charge in [-0.2, -0.15) is 0 Å². The fourth-order valence-corrected chi connectivity index (χ4v) is 2.75. The van der Waals surface area contributed by atoms with E-state index in [0.29, 0.717) is 30.1 Å². The van der Waals surface area contributed by atoms with Crippen LogP contribution in [0.25, 0.3) is 11.3 Å². The highest BCUT2D eigenvalue weighted by Gasteiger charge is 2.24. The van der Waals surface area contributed by atoms with Crippen LogP contribution in [0.15, 0.2) is 36.4 Å². The molecule has 1 aliphatic rings. The summed E-state index contributed by atoms with van der Waals surface area (Å²) in [6, 6.07) is 10.2. The van der Waals surface area contributed by atoms with E-state index >= 15 is 0 Å². The fraction of sp³-hybridized carbons (Fsp3) is 0.368. The minimum absolute atomic E-state index is 0.0270. The lowest BCUT2D eigenvalue weighted by Gasteiger charge is -2.22. The molecule has 3 rings (SSSR count). The molecule has 2 heterocycles. The summed E-state index contributed by atoms with van der Waals surface area (Å²) in [5, 5.41) is 13.8. The summed E-state index contributed by atoms with van der Waals surface area (Å²) in [6.45, 7) is 4.50. The monoisotopic (exact) mass is 354 g/mol. The van der Waals surface area contributed by atoms with Gasteiger partial charge >= 0.3 is 0 Å². The van der Waals surface area contributed by atoms with Crippen LogP contribution in [0.4, 0.5) is 0 Å². The standard InChI is InChI=1S/C19H22N4O3/c1-12(2)26-17-9-8-15(22-23-17)13-5-3-6-14(11-13)18(24)21-16-7-4-10-20-19(16)25/h3,5-6,8-9,11-12,16H,4,7,10H2,1-2H3,(H,20,25)(H,21,24). The number of piperidine rings is 1. The molecule has 2 N–H and O–H groups in total. The van der Waals surface area contributed by atoms with Gasteiger partial charge in [-0.05, 0) is 44.9 Å². The van der Waals surface area contributed by atoms with Crippen LogP contribution in [0, 0.1) is 0 Å². The molecule has 1 aromatic heterocycles. The number of amides is 2. The number of carbonyl (C=O) groups excluding carboxylic acids is 2. The predicted molar refractivity (Wildman–Crippen MR) is 96.7 cm³/mol. The van der Waals surface area contributed by atoms with Gasteiger partial charge in [0.2, 0.25) is 11.8 Å². The van der Waals surface area contributed by atoms with E-state index in [1.165, 1.54) is 0 Å². The molecule has 2 aromatic rings. The van der Waals surface area contributed by atoms with Gasteiger partial charge in [0.1, 0.15) is 6.04 Å². The molecule has 0 aliphatic carbocycles. The molecule has 7 heteroatoms. The van der Waals surface area contributed by atoms with Gasteiger partial charge in [0.15, 0.2) is 0 Å². The quantitative estimate of drug-likeness (QED) is 0.856. The van der Waals surface area contributed by atoms with E-state index < -0.39 is 6.04 Å². The number of nitrogens with one attached hydrogen (secondary N) is 2. The van der Waals surface area contributed by atoms with Crippen LogP contribution in [0.3, 0.4) is 0 Å². The first-order chi connectivity index (χ1) is 12.5. The van der Waals surface area contributed by atoms with Crippen LogP contribution in [0.2, 0.25) is 0 Å². The van der Waals surface area contributed by atoms with Gasteiger partial charge in [-0.25, -0.2) is 0 Å². The summed E-state index contributed by atoms with van der Waals surface area (Å²) in [7, 11) is 0. The smallest absolute Gasteiger partial charge is 0.251 e. The highest BCUT2D eigenvalue weighted by molar-refractivity contribution is 5.98. The Kier molecular flexibility index (Phi) is 5.46. The summed E-state index contributed by atoms with van der Waals surface area (Å²) >= 11 is 0. The van der Waals surface area contributed by atoms with Gasteiger partial charge in [-0.3, -0.25) is 9.59 Å². The third kappa shape index (κ3) is 4.36. The lowest BCUT2D eigenvalue weighted by Crippen LogP contribution is -2.50. The van der Waals surface area contributed by atoms with Gasteiger partial charge in [0, 0.05) is 23.7 Å². The first kappa shape index (κ1) is 17.8. The molecule has 0 radical (unpaired) electrons. The molecule has 1 fully saturated rings. The molecule has 1 unspecified atom stereocenters. The van der Waals surface area contributed by atoms with E-state index in [2.05, 4.69) is 20.8 Å². The first-order valence-corrected chi connectivity index (χ1v) is 8.72. The van der Waals surface area contributed by atoms with E-state index in [4.69, 9.17) is 4.74 Å². The molecule has 7 nitrogen and oxygen atoms in total. The van der Waals surface area contributed by atoms with Gasteiger partial charge < -0.3 is 15.4 Å². The predicted octanol–water partition coefficient (Wildman–Crippen LogP) is 1.94. The van der Waals surface area contributed by atoms with E-state index in [1.807, 2.05) is 19.9 Å². The van der Waals surface area contributed by atoms with E-state index in [9.17, 15) is 9.59 Å². The Bertz CT molecular complexity index is 790. The SMILES string of the molecule is CC(C)Oc1ccc(-c2cccc(C(=O)NC3CCCNC3=O)c2)nn1. The molecule has 1 saturated heterocycles. The van der Waals surface area contributed by atoms with Crippen LogP contribution in [0.1, 0.15) is 37.0 Å². The summed E-state index contributed by atoms with van der Waals surface area (Å²) in [5.74, 6) is 0.0509. The molecule has 1 aromatic carbocycles. The largest absolute Gasteiger partial charge is 0.474 e. The number of hydrogen-bond acceptors (Lipinski definition) is 5. The van der Waals surface area contributed by atoms with Crippen molar-refractivity contribution in [2.45, 2.75) is 38.8 Å². The van der Waals surface area contributed by atoms with Crippen molar-refractivity contribution < 1.29 is 14.3 Å². The molecule has 0 spiro atoms. The highest BCUT2D eigenvalue weighted by Crippen LogP contribution is 2.20. The molecule has 136 valence electrons. The van der Waals surface area contributed by atoms with Gasteiger partial charge in [0.25, 0.3) is 5.91 Å². The summed E-state index contributed by atoms with van der Waals surface area (Å²) < 4.78 is 5.49. The van der Waals surface area contributed by atoms with Gasteiger partial charge in [-0.15, -0.1) is 10.2 Å². The Hall–Kier alpha value is -2.96. The number of rotatable bonds is 5. The van der Waals surface area contributed by atoms with Crippen molar-refractivity contribution >= 4 is 11.8 Å². The number of hydrogen-bond donors (Lipinski definition) is 2. The maximum absolute atomic E-state index is 12.5. The number of nitrogens with zero attached hydrogens (tertiary/aromatic N) is 2. The topological polar surface area (TPSA) is 93.2 Å². The molecule has 0 bridgehead atoms. The Balaban J connectivity index is 1.73. The fourth-order valence-electron chi connectivity index (χ4n) is 2.75. The van der Waals surface area contributed by atoms with Crippen molar-refractivity contribution in [2.75, 3.05) is 6.54 Å². The third-order valence-electron chi connectivity index (χ3n) is 4.01. The summed E-state index contributed by atoms with van der Waals surface area (Å²) in [4.78, 5) is 24.3. The zero-order valence-electron chi connectivity index (χ0n) is 14.9. The molecule has 2 amide bonds. The number of ether oxygens (including phenoxy) is 1. The van der Waals surface area contributed by atoms with Gasteiger partial charge in [-0.1, -0.05) is 12.1 Å². The molecule has 0 saturated carbocycles. The molecular weight excluding hydrogens is 332 g/mol. The molecule has 1 atom stereocenters. The Morgan fingerprint density at radius 1 is 1.27 bits per heavy atom. The van der Waals surface area contributed by atoms with Crippen LogP contribution < -0.4 is 15.4 Å². The van der Waals surface area contributed by atoms with Crippen LogP contribution in [0.5, 0.6) is 5.88 Å². The zero-order valence-corrected chi connectivity index (χ0v) is 14.9. The minimum Gasteiger partial charge on any atom is -0.474 e. The van der Waals surface area contributed by atoms with Gasteiger partial charge in [0.05, 0.1) is 11.8 Å². The minimum atomic E-state index is -0.479. The second kappa shape index (κ2) is 7.95. The average molecular weight is 354 g/mol. The van der Waals surface area contributed by atoms with Crippen LogP contribution in [-0.2, 0) is 4.79 Å². The van der Waals surface area contributed by atoms with Crippen molar-refractivity contribution in [3.8, 4) is 17.1 Å². The van der Waals surface area contributed by atoms with E-state index in [0.717, 1.165) is 12.0 Å². The van der Waals surface area contributed by atoms with E-state index in [-0.39, 0.29) is 17.9 Å². The third-order valence-corrected chi connectivity index (χ3v) is 4.01. The maximum atomic E-state index is 12.5. The maximum Gasteiger partial charge on any atom is 0.251 e. The van der Waals surface area contributed by atoms with Crippen molar-refractivity contribution in [3.63, 3.8) is 0 Å². The number of benzene rings is 1. The number of aromatic nitrogens is 2. The van der Waals surface area contributed by atoms with Crippen molar-refractivity contribution in [1.29, 1.82) is 0 Å². The van der Waals surface area contributed by atoms with E-state index in [1.54, 1.807) is 30.3 Å². The highest BCUT2D eigenvalue weighted by atomic mass is 16.5.